The van der Waals surface area contributed by atoms with Gasteiger partial charge in [0, 0.05) is 0 Å². The van der Waals surface area contributed by atoms with E-state index in [-0.39, 0.29) is 11.7 Å². The second kappa shape index (κ2) is 5.49. The molecule has 0 amide bonds. The maximum Gasteiger partial charge on any atom is 0.123 e. The van der Waals surface area contributed by atoms with Crippen molar-refractivity contribution < 1.29 is 4.39 Å². The summed E-state index contributed by atoms with van der Waals surface area (Å²) in [7, 11) is 0. The van der Waals surface area contributed by atoms with Gasteiger partial charge < -0.3 is 5.73 Å². The molecule has 21 heavy (non-hydrogen) atoms. The zero-order valence-corrected chi connectivity index (χ0v) is 11.6. The highest BCUT2D eigenvalue weighted by Gasteiger charge is 2.06. The van der Waals surface area contributed by atoms with E-state index < -0.39 is 0 Å². The van der Waals surface area contributed by atoms with E-state index in [9.17, 15) is 4.39 Å². The monoisotopic (exact) mass is 303 g/mol. The zero-order valence-electron chi connectivity index (χ0n) is 10.9. The molecule has 0 aliphatic carbocycles. The van der Waals surface area contributed by atoms with Crippen molar-refractivity contribution in [2.24, 2.45) is 10.7 Å². The highest BCUT2D eigenvalue weighted by Crippen LogP contribution is 2.19. The minimum absolute atomic E-state index is 0.167. The number of benzene rings is 2. The van der Waals surface area contributed by atoms with Gasteiger partial charge >= 0.3 is 0 Å². The van der Waals surface area contributed by atoms with Crippen LogP contribution < -0.4 is 5.73 Å². The van der Waals surface area contributed by atoms with Gasteiger partial charge in [0.15, 0.2) is 0 Å². The largest absolute Gasteiger partial charge is 0.386 e. The number of nitrogens with zero attached hydrogens (tertiary/aromatic N) is 4. The molecule has 3 rings (SSSR count). The third kappa shape index (κ3) is 2.85. The SMILES string of the molecule is NC(CCl)=Nc1ccc2nn(-c3ccc(F)cc3)nc2c1. The number of fused-ring (bicyclic) bond motifs is 1. The van der Waals surface area contributed by atoms with Crippen LogP contribution in [0.5, 0.6) is 0 Å². The van der Waals surface area contributed by atoms with Gasteiger partial charge in [-0.2, -0.15) is 4.80 Å². The molecular formula is C14H11ClFN5. The van der Waals surface area contributed by atoms with Crippen LogP contribution in [-0.4, -0.2) is 26.7 Å². The normalized spacial score (nSPS) is 12.0. The van der Waals surface area contributed by atoms with E-state index in [2.05, 4.69) is 15.2 Å². The fraction of sp³-hybridized carbons (Fsp3) is 0.0714. The first kappa shape index (κ1) is 13.5. The van der Waals surface area contributed by atoms with Crippen LogP contribution in [0.4, 0.5) is 10.1 Å². The third-order valence-corrected chi connectivity index (χ3v) is 3.10. The Morgan fingerprint density at radius 2 is 1.86 bits per heavy atom. The predicted molar refractivity (Wildman–Crippen MR) is 80.8 cm³/mol. The molecule has 3 aromatic rings. The van der Waals surface area contributed by atoms with E-state index in [4.69, 9.17) is 17.3 Å². The van der Waals surface area contributed by atoms with E-state index in [1.54, 1.807) is 30.3 Å². The molecule has 0 spiro atoms. The Kier molecular flexibility index (Phi) is 3.53. The summed E-state index contributed by atoms with van der Waals surface area (Å²) in [6.45, 7) is 0. The third-order valence-electron chi connectivity index (χ3n) is 2.83. The Hall–Kier alpha value is -2.47. The Labute approximate surface area is 124 Å². The smallest absolute Gasteiger partial charge is 0.123 e. The molecule has 0 fully saturated rings. The molecule has 0 saturated carbocycles. The summed E-state index contributed by atoms with van der Waals surface area (Å²) < 4.78 is 12.9. The summed E-state index contributed by atoms with van der Waals surface area (Å²) in [6.07, 6.45) is 0. The van der Waals surface area contributed by atoms with E-state index in [0.29, 0.717) is 28.2 Å². The van der Waals surface area contributed by atoms with Gasteiger partial charge in [-0.15, -0.1) is 21.8 Å². The molecule has 0 radical (unpaired) electrons. The first-order chi connectivity index (χ1) is 10.2. The summed E-state index contributed by atoms with van der Waals surface area (Å²) in [6, 6.07) is 11.3. The van der Waals surface area contributed by atoms with Crippen LogP contribution in [0.25, 0.3) is 16.7 Å². The molecule has 2 aromatic carbocycles. The maximum absolute atomic E-state index is 12.9. The van der Waals surface area contributed by atoms with Crippen LogP contribution >= 0.6 is 11.6 Å². The van der Waals surface area contributed by atoms with Crippen LogP contribution in [0, 0.1) is 5.82 Å². The Morgan fingerprint density at radius 3 is 2.57 bits per heavy atom. The number of halogens is 2. The van der Waals surface area contributed by atoms with Crippen LogP contribution in [0.15, 0.2) is 47.5 Å². The number of aromatic nitrogens is 3. The van der Waals surface area contributed by atoms with Gasteiger partial charge in [-0.05, 0) is 42.5 Å². The maximum atomic E-state index is 12.9. The Bertz CT molecular complexity index is 810. The molecule has 1 aromatic heterocycles. The minimum Gasteiger partial charge on any atom is -0.386 e. The van der Waals surface area contributed by atoms with Gasteiger partial charge in [0.05, 0.1) is 17.3 Å². The van der Waals surface area contributed by atoms with Crippen molar-refractivity contribution in [3.05, 3.63) is 48.3 Å². The average molecular weight is 304 g/mol. The van der Waals surface area contributed by atoms with Crippen LogP contribution in [-0.2, 0) is 0 Å². The number of alkyl halides is 1. The van der Waals surface area contributed by atoms with Gasteiger partial charge in [0.2, 0.25) is 0 Å². The second-order valence-corrected chi connectivity index (χ2v) is 4.64. The lowest BCUT2D eigenvalue weighted by molar-refractivity contribution is 0.626. The molecule has 0 atom stereocenters. The van der Waals surface area contributed by atoms with Crippen molar-refractivity contribution in [1.82, 2.24) is 15.0 Å². The topological polar surface area (TPSA) is 69.1 Å². The Morgan fingerprint density at radius 1 is 1.14 bits per heavy atom. The van der Waals surface area contributed by atoms with Gasteiger partial charge in [0.1, 0.15) is 22.7 Å². The number of rotatable bonds is 3. The number of aliphatic imine (C=N–C) groups is 1. The summed E-state index contributed by atoms with van der Waals surface area (Å²) >= 11 is 5.60. The van der Waals surface area contributed by atoms with E-state index in [1.807, 2.05) is 0 Å². The lowest BCUT2D eigenvalue weighted by Gasteiger charge is -1.97. The number of hydrogen-bond acceptors (Lipinski definition) is 3. The van der Waals surface area contributed by atoms with Crippen LogP contribution in [0.2, 0.25) is 0 Å². The minimum atomic E-state index is -0.302. The summed E-state index contributed by atoms with van der Waals surface area (Å²) in [5.41, 5.74) is 8.32. The first-order valence-electron chi connectivity index (χ1n) is 6.18. The fourth-order valence-corrected chi connectivity index (χ4v) is 1.92. The lowest BCUT2D eigenvalue weighted by Crippen LogP contribution is -2.12. The summed E-state index contributed by atoms with van der Waals surface area (Å²) in [5, 5.41) is 8.68. The predicted octanol–water partition coefficient (Wildman–Crippen LogP) is 2.79. The van der Waals surface area contributed by atoms with E-state index >= 15 is 0 Å². The second-order valence-electron chi connectivity index (χ2n) is 4.38. The number of hydrogen-bond donors (Lipinski definition) is 1. The zero-order chi connectivity index (χ0) is 14.8. The standard InChI is InChI=1S/C14H11ClFN5/c15-8-14(17)18-10-3-6-12-13(7-10)20-21(19-12)11-4-1-9(16)2-5-11/h1-7H,8H2,(H2,17,18). The van der Waals surface area contributed by atoms with Crippen LogP contribution in [0.1, 0.15) is 0 Å². The van der Waals surface area contributed by atoms with Gasteiger partial charge in [-0.25, -0.2) is 9.38 Å². The molecule has 0 aliphatic rings. The fourth-order valence-electron chi connectivity index (χ4n) is 1.86. The molecular weight excluding hydrogens is 293 g/mol. The average Bonchev–Trinajstić information content (AvgIpc) is 2.91. The van der Waals surface area contributed by atoms with Gasteiger partial charge in [0.25, 0.3) is 0 Å². The highest BCUT2D eigenvalue weighted by atomic mass is 35.5. The molecule has 106 valence electrons. The van der Waals surface area contributed by atoms with Gasteiger partial charge in [-0.1, -0.05) is 0 Å². The van der Waals surface area contributed by atoms with Crippen LogP contribution in [0.3, 0.4) is 0 Å². The molecule has 1 heterocycles. The molecule has 5 nitrogen and oxygen atoms in total. The van der Waals surface area contributed by atoms with Crippen molar-refractivity contribution >= 4 is 34.2 Å². The number of amidine groups is 1. The molecule has 0 unspecified atom stereocenters. The quantitative estimate of drug-likeness (QED) is 0.459. The van der Waals surface area contributed by atoms with Crippen molar-refractivity contribution in [2.75, 3.05) is 5.88 Å². The summed E-state index contributed by atoms with van der Waals surface area (Å²) in [4.78, 5) is 5.60. The Balaban J connectivity index is 2.02. The molecule has 0 saturated heterocycles. The molecule has 2 N–H and O–H groups in total. The van der Waals surface area contributed by atoms with E-state index in [0.717, 1.165) is 0 Å². The van der Waals surface area contributed by atoms with Crippen molar-refractivity contribution in [2.45, 2.75) is 0 Å². The van der Waals surface area contributed by atoms with Crippen molar-refractivity contribution in [1.29, 1.82) is 0 Å². The van der Waals surface area contributed by atoms with Crippen molar-refractivity contribution in [3.63, 3.8) is 0 Å². The lowest BCUT2D eigenvalue weighted by atomic mass is 10.3. The van der Waals surface area contributed by atoms with Gasteiger partial charge in [-0.3, -0.25) is 0 Å². The molecule has 7 heteroatoms. The summed E-state index contributed by atoms with van der Waals surface area (Å²) in [5.74, 6) is 0.200. The first-order valence-corrected chi connectivity index (χ1v) is 6.71. The molecule has 0 bridgehead atoms. The van der Waals surface area contributed by atoms with Crippen molar-refractivity contribution in [3.8, 4) is 5.69 Å². The van der Waals surface area contributed by atoms with E-state index in [1.165, 1.54) is 16.9 Å². The molecule has 0 aliphatic heterocycles. The number of nitrogens with two attached hydrogens (primary N) is 1. The highest BCUT2D eigenvalue weighted by molar-refractivity contribution is 6.28.